The number of aromatic amines is 1. The lowest BCUT2D eigenvalue weighted by Gasteiger charge is -1.97. The van der Waals surface area contributed by atoms with Gasteiger partial charge in [-0.25, -0.2) is 14.9 Å². The van der Waals surface area contributed by atoms with E-state index in [1.165, 1.54) is 15.3 Å². The topological polar surface area (TPSA) is 85.0 Å². The summed E-state index contributed by atoms with van der Waals surface area (Å²) in [5, 5.41) is 6.75. The molecule has 4 aromatic rings. The van der Waals surface area contributed by atoms with E-state index in [4.69, 9.17) is 0 Å². The number of benzene rings is 1. The van der Waals surface area contributed by atoms with Crippen molar-refractivity contribution in [2.75, 3.05) is 0 Å². The number of hydrogen-bond donors (Lipinski definition) is 1. The molecule has 0 radical (unpaired) electrons. The Morgan fingerprint density at radius 3 is 2.03 bits per heavy atom. The molecule has 0 atom stereocenters. The van der Waals surface area contributed by atoms with Crippen LogP contribution < -0.4 is 11.2 Å². The molecule has 0 saturated carbocycles. The number of nitrogens with one attached hydrogen (secondary N) is 1. The Bertz CT molecular complexity index is 1130. The van der Waals surface area contributed by atoms with Crippen molar-refractivity contribution in [3.05, 3.63) is 75.8 Å². The maximum absolute atomic E-state index is 11.5. The van der Waals surface area contributed by atoms with Gasteiger partial charge in [-0.1, -0.05) is 59.7 Å². The number of hydrogen-bond acceptors (Lipinski definition) is 4. The molecule has 0 saturated heterocycles. The molecule has 1 N–H and O–H groups in total. The van der Waals surface area contributed by atoms with Crippen LogP contribution in [0.1, 0.15) is 41.5 Å². The molecule has 0 aliphatic heterocycles. The number of pyridine rings is 1. The number of aryl methyl sites for hydroxylation is 1. The van der Waals surface area contributed by atoms with Gasteiger partial charge in [0.25, 0.3) is 5.56 Å². The summed E-state index contributed by atoms with van der Waals surface area (Å²) < 4.78 is 2.92. The summed E-state index contributed by atoms with van der Waals surface area (Å²) in [5.41, 5.74) is 1.20. The first-order valence-electron chi connectivity index (χ1n) is 10.1. The summed E-state index contributed by atoms with van der Waals surface area (Å²) in [6, 6.07) is 12.7. The molecule has 0 unspecified atom stereocenters. The third-order valence-electron chi connectivity index (χ3n) is 3.15. The summed E-state index contributed by atoms with van der Waals surface area (Å²) >= 11 is 0. The van der Waals surface area contributed by atoms with Crippen molar-refractivity contribution in [1.82, 2.24) is 24.1 Å². The Hall–Kier alpha value is -3.22. The number of para-hydroxylation sites is 1. The highest BCUT2D eigenvalue weighted by molar-refractivity contribution is 5.76. The van der Waals surface area contributed by atoms with Crippen LogP contribution in [0.4, 0.5) is 0 Å². The van der Waals surface area contributed by atoms with E-state index in [0.29, 0.717) is 11.0 Å². The van der Waals surface area contributed by atoms with E-state index >= 15 is 0 Å². The number of aromatic nitrogens is 5. The normalized spacial score (nSPS) is 10.0. The molecule has 0 fully saturated rings. The molecule has 4 rings (SSSR count). The molecule has 0 amide bonds. The molecule has 1 aromatic carbocycles. The van der Waals surface area contributed by atoms with E-state index in [-0.39, 0.29) is 11.2 Å². The van der Waals surface area contributed by atoms with Crippen LogP contribution in [0.15, 0.2) is 64.6 Å². The van der Waals surface area contributed by atoms with Gasteiger partial charge < -0.3 is 4.57 Å². The monoisotopic (exact) mass is 411 g/mol. The van der Waals surface area contributed by atoms with Gasteiger partial charge in [-0.15, -0.1) is 0 Å². The van der Waals surface area contributed by atoms with Crippen LogP contribution in [0.2, 0.25) is 0 Å². The standard InChI is InChI=1S/C9H8N2O.C6H5N3O.2C4H10/c1-11-6-10-8-5-3-2-4-7(8)9(11)12;10-6-8-7-5-3-1-2-4-9(5)6;2*1-4(2)3/h2-6H,1H3;1-4H,(H,8,10);2*4H,1-3H3. The quantitative estimate of drug-likeness (QED) is 0.468. The third-order valence-corrected chi connectivity index (χ3v) is 3.15. The Morgan fingerprint density at radius 2 is 1.43 bits per heavy atom. The summed E-state index contributed by atoms with van der Waals surface area (Å²) in [6.45, 7) is 13.0. The van der Waals surface area contributed by atoms with Crippen LogP contribution in [-0.4, -0.2) is 24.1 Å². The lowest BCUT2D eigenvalue weighted by molar-refractivity contribution is 0.736. The molecule has 3 heterocycles. The first kappa shape index (κ1) is 24.8. The first-order valence-corrected chi connectivity index (χ1v) is 10.1. The van der Waals surface area contributed by atoms with E-state index < -0.39 is 0 Å². The zero-order valence-corrected chi connectivity index (χ0v) is 19.0. The minimum absolute atomic E-state index is 0.000556. The highest BCUT2D eigenvalue weighted by Gasteiger charge is 1.98. The molecule has 30 heavy (non-hydrogen) atoms. The van der Waals surface area contributed by atoms with Gasteiger partial charge in [-0.05, 0) is 36.1 Å². The minimum Gasteiger partial charge on any atom is -0.302 e. The van der Waals surface area contributed by atoms with Crippen molar-refractivity contribution in [2.24, 2.45) is 18.9 Å². The minimum atomic E-state index is -0.199. The Kier molecular flexibility index (Phi) is 10.2. The highest BCUT2D eigenvalue weighted by atomic mass is 16.1. The predicted molar refractivity (Wildman–Crippen MR) is 124 cm³/mol. The van der Waals surface area contributed by atoms with Crippen molar-refractivity contribution in [1.29, 1.82) is 0 Å². The second kappa shape index (κ2) is 12.4. The summed E-state index contributed by atoms with van der Waals surface area (Å²) in [5.74, 6) is 1.67. The Labute approximate surface area is 177 Å². The van der Waals surface area contributed by atoms with Crippen LogP contribution in [0.5, 0.6) is 0 Å². The zero-order chi connectivity index (χ0) is 22.7. The molecule has 0 aliphatic carbocycles. The summed E-state index contributed by atoms with van der Waals surface area (Å²) in [7, 11) is 1.70. The van der Waals surface area contributed by atoms with E-state index in [0.717, 1.165) is 17.4 Å². The van der Waals surface area contributed by atoms with E-state index in [1.54, 1.807) is 31.4 Å². The maximum atomic E-state index is 11.5. The van der Waals surface area contributed by atoms with Gasteiger partial charge in [-0.2, -0.15) is 5.10 Å². The third kappa shape index (κ3) is 8.43. The second-order valence-corrected chi connectivity index (χ2v) is 8.10. The van der Waals surface area contributed by atoms with Gasteiger partial charge in [-0.3, -0.25) is 9.20 Å². The first-order chi connectivity index (χ1) is 14.1. The van der Waals surface area contributed by atoms with Crippen molar-refractivity contribution >= 4 is 16.6 Å². The van der Waals surface area contributed by atoms with Crippen LogP contribution in [0.25, 0.3) is 16.6 Å². The SMILES string of the molecule is CC(C)C.CC(C)C.Cn1cnc2ccccc2c1=O.O=c1[nH]nc2ccccn12. The van der Waals surface area contributed by atoms with E-state index in [2.05, 4.69) is 56.7 Å². The average molecular weight is 412 g/mol. The molecule has 7 nitrogen and oxygen atoms in total. The molecule has 3 aromatic heterocycles. The largest absolute Gasteiger partial charge is 0.347 e. The van der Waals surface area contributed by atoms with E-state index in [1.807, 2.05) is 24.3 Å². The van der Waals surface area contributed by atoms with Crippen LogP contribution in [-0.2, 0) is 7.05 Å². The summed E-state index contributed by atoms with van der Waals surface area (Å²) in [6.07, 6.45) is 3.20. The molecular weight excluding hydrogens is 378 g/mol. The van der Waals surface area contributed by atoms with E-state index in [9.17, 15) is 9.59 Å². The molecule has 162 valence electrons. The van der Waals surface area contributed by atoms with Crippen molar-refractivity contribution in [2.45, 2.75) is 41.5 Å². The van der Waals surface area contributed by atoms with Gasteiger partial charge in [0.2, 0.25) is 0 Å². The van der Waals surface area contributed by atoms with Crippen LogP contribution in [0, 0.1) is 11.8 Å². The predicted octanol–water partition coefficient (Wildman–Crippen LogP) is 4.28. The molecular formula is C23H33N5O2. The molecule has 0 aliphatic rings. The van der Waals surface area contributed by atoms with Crippen molar-refractivity contribution in [3.63, 3.8) is 0 Å². The smallest absolute Gasteiger partial charge is 0.302 e. The van der Waals surface area contributed by atoms with Gasteiger partial charge in [0.15, 0.2) is 5.65 Å². The van der Waals surface area contributed by atoms with Crippen molar-refractivity contribution in [3.8, 4) is 0 Å². The van der Waals surface area contributed by atoms with Crippen LogP contribution >= 0.6 is 0 Å². The van der Waals surface area contributed by atoms with Gasteiger partial charge >= 0.3 is 5.69 Å². The highest BCUT2D eigenvalue weighted by Crippen LogP contribution is 2.03. The second-order valence-electron chi connectivity index (χ2n) is 8.10. The fourth-order valence-corrected chi connectivity index (χ4v) is 2.01. The molecule has 0 bridgehead atoms. The fourth-order valence-electron chi connectivity index (χ4n) is 2.01. The Balaban J connectivity index is 0.000000225. The molecule has 0 spiro atoms. The maximum Gasteiger partial charge on any atom is 0.347 e. The van der Waals surface area contributed by atoms with Crippen molar-refractivity contribution < 1.29 is 0 Å². The lowest BCUT2D eigenvalue weighted by Crippen LogP contribution is -2.16. The van der Waals surface area contributed by atoms with Crippen LogP contribution in [0.3, 0.4) is 0 Å². The van der Waals surface area contributed by atoms with Gasteiger partial charge in [0, 0.05) is 13.2 Å². The number of fused-ring (bicyclic) bond motifs is 2. The molecule has 7 heteroatoms. The van der Waals surface area contributed by atoms with Gasteiger partial charge in [0.1, 0.15) is 0 Å². The summed E-state index contributed by atoms with van der Waals surface area (Å²) in [4.78, 5) is 26.4. The fraction of sp³-hybridized carbons (Fsp3) is 0.391. The Morgan fingerprint density at radius 1 is 0.867 bits per heavy atom. The zero-order valence-electron chi connectivity index (χ0n) is 19.0. The number of rotatable bonds is 0. The number of nitrogens with zero attached hydrogens (tertiary/aromatic N) is 4. The average Bonchev–Trinajstić information content (AvgIpc) is 3.06. The lowest BCUT2D eigenvalue weighted by atomic mass is 10.2. The van der Waals surface area contributed by atoms with Gasteiger partial charge in [0.05, 0.1) is 17.2 Å². The number of H-pyrrole nitrogens is 1.